The standard InChI is InChI=1S/C59H35F5N4/c60-48-18-11-19-49(61)58(48)46-34-56(67-52-20-9-7-16-42(52)44-30-38(22-24-54(44)67)40-26-28-65-50(32-40)36-12-3-1-4-13-36)57(35-47(46)59(62,63)64)68-53-21-10-8-17-43(53)45-31-39(23-25-55(45)68)41-27-29-66-51(33-41)37-14-5-2-6-15-37/h1-35H. The minimum atomic E-state index is -5.01. The molecular formula is C59H35F5N4. The number of benzene rings is 8. The number of nitrogens with zero attached hydrogens (tertiary/aromatic N) is 4. The van der Waals surface area contributed by atoms with Crippen molar-refractivity contribution in [3.63, 3.8) is 0 Å². The Morgan fingerprint density at radius 3 is 1.26 bits per heavy atom. The van der Waals surface area contributed by atoms with Crippen molar-refractivity contribution >= 4 is 43.6 Å². The summed E-state index contributed by atoms with van der Waals surface area (Å²) in [5, 5.41) is 3.29. The van der Waals surface area contributed by atoms with Crippen molar-refractivity contribution in [1.82, 2.24) is 19.1 Å². The van der Waals surface area contributed by atoms with Gasteiger partial charge >= 0.3 is 6.18 Å². The summed E-state index contributed by atoms with van der Waals surface area (Å²) < 4.78 is 82.6. The summed E-state index contributed by atoms with van der Waals surface area (Å²) in [6.07, 6.45) is -1.47. The van der Waals surface area contributed by atoms with Crippen molar-refractivity contribution in [3.8, 4) is 67.3 Å². The largest absolute Gasteiger partial charge is 0.417 e. The van der Waals surface area contributed by atoms with Crippen molar-refractivity contribution < 1.29 is 22.0 Å². The first-order valence-electron chi connectivity index (χ1n) is 22.0. The molecule has 4 nitrogen and oxygen atoms in total. The zero-order chi connectivity index (χ0) is 46.1. The third-order valence-corrected chi connectivity index (χ3v) is 12.8. The van der Waals surface area contributed by atoms with E-state index in [9.17, 15) is 0 Å². The lowest BCUT2D eigenvalue weighted by Crippen LogP contribution is -2.13. The molecule has 0 fully saturated rings. The molecule has 0 atom stereocenters. The van der Waals surface area contributed by atoms with Gasteiger partial charge in [-0.3, -0.25) is 9.97 Å². The Labute approximate surface area is 386 Å². The maximum atomic E-state index is 15.9. The van der Waals surface area contributed by atoms with Gasteiger partial charge in [0.05, 0.1) is 56.0 Å². The van der Waals surface area contributed by atoms with E-state index in [2.05, 4.69) is 22.1 Å². The highest BCUT2D eigenvalue weighted by molar-refractivity contribution is 6.13. The summed E-state index contributed by atoms with van der Waals surface area (Å²) in [6.45, 7) is 0. The molecule has 0 aliphatic rings. The number of alkyl halides is 3. The van der Waals surface area contributed by atoms with Crippen LogP contribution in [0.5, 0.6) is 0 Å². The molecule has 8 aromatic carbocycles. The lowest BCUT2D eigenvalue weighted by atomic mass is 9.96. The third-order valence-electron chi connectivity index (χ3n) is 12.8. The molecule has 12 aromatic rings. The van der Waals surface area contributed by atoms with Gasteiger partial charge in [-0.15, -0.1) is 0 Å². The number of halogens is 5. The van der Waals surface area contributed by atoms with Gasteiger partial charge in [0, 0.05) is 50.6 Å². The fraction of sp³-hybridized carbons (Fsp3) is 0.0169. The maximum Gasteiger partial charge on any atom is 0.417 e. The lowest BCUT2D eigenvalue weighted by Gasteiger charge is -2.22. The Morgan fingerprint density at radius 1 is 0.353 bits per heavy atom. The topological polar surface area (TPSA) is 35.6 Å². The van der Waals surface area contributed by atoms with E-state index in [0.29, 0.717) is 27.8 Å². The van der Waals surface area contributed by atoms with Gasteiger partial charge in [0.25, 0.3) is 0 Å². The fourth-order valence-corrected chi connectivity index (χ4v) is 9.71. The van der Waals surface area contributed by atoms with Gasteiger partial charge < -0.3 is 9.13 Å². The molecular weight excluding hydrogens is 860 g/mol. The van der Waals surface area contributed by atoms with E-state index < -0.39 is 34.5 Å². The van der Waals surface area contributed by atoms with E-state index in [4.69, 9.17) is 0 Å². The molecule has 0 amide bonds. The number of hydrogen-bond donors (Lipinski definition) is 0. The van der Waals surface area contributed by atoms with Gasteiger partial charge in [0.1, 0.15) is 11.6 Å². The highest BCUT2D eigenvalue weighted by Gasteiger charge is 2.37. The van der Waals surface area contributed by atoms with Gasteiger partial charge in [0.2, 0.25) is 0 Å². The molecule has 0 bridgehead atoms. The van der Waals surface area contributed by atoms with Crippen LogP contribution in [-0.4, -0.2) is 19.1 Å². The second-order valence-corrected chi connectivity index (χ2v) is 16.7. The highest BCUT2D eigenvalue weighted by atomic mass is 19.4. The quantitative estimate of drug-likeness (QED) is 0.149. The van der Waals surface area contributed by atoms with Crippen LogP contribution < -0.4 is 0 Å². The van der Waals surface area contributed by atoms with Crippen LogP contribution in [-0.2, 0) is 6.18 Å². The van der Waals surface area contributed by atoms with Gasteiger partial charge in [0.15, 0.2) is 0 Å². The summed E-state index contributed by atoms with van der Waals surface area (Å²) >= 11 is 0. The first-order valence-corrected chi connectivity index (χ1v) is 22.0. The van der Waals surface area contributed by atoms with Crippen molar-refractivity contribution in [1.29, 1.82) is 0 Å². The minimum absolute atomic E-state index is 0.167. The van der Waals surface area contributed by atoms with Crippen molar-refractivity contribution in [2.75, 3.05) is 0 Å². The maximum absolute atomic E-state index is 15.9. The summed E-state index contributed by atoms with van der Waals surface area (Å²) in [5.74, 6) is -2.21. The first-order chi connectivity index (χ1) is 33.2. The number of fused-ring (bicyclic) bond motifs is 6. The molecule has 0 unspecified atom stereocenters. The second kappa shape index (κ2) is 16.0. The Kier molecular flexibility index (Phi) is 9.62. The van der Waals surface area contributed by atoms with Gasteiger partial charge in [-0.1, -0.05) is 115 Å². The summed E-state index contributed by atoms with van der Waals surface area (Å²) in [7, 11) is 0. The Balaban J connectivity index is 1.14. The molecule has 4 aromatic heterocycles. The van der Waals surface area contributed by atoms with E-state index in [1.165, 1.54) is 6.07 Å². The molecule has 326 valence electrons. The van der Waals surface area contributed by atoms with E-state index in [0.717, 1.165) is 90.6 Å². The number of aromatic nitrogens is 4. The molecule has 4 heterocycles. The Morgan fingerprint density at radius 2 is 0.779 bits per heavy atom. The van der Waals surface area contributed by atoms with E-state index in [1.807, 2.05) is 167 Å². The molecule has 0 N–H and O–H groups in total. The normalized spacial score (nSPS) is 11.9. The molecule has 0 spiro atoms. The molecule has 0 aliphatic heterocycles. The van der Waals surface area contributed by atoms with Gasteiger partial charge in [-0.05, 0) is 107 Å². The summed E-state index contributed by atoms with van der Waals surface area (Å²) in [6, 6.07) is 60.4. The van der Waals surface area contributed by atoms with Crippen molar-refractivity contribution in [2.45, 2.75) is 6.18 Å². The van der Waals surface area contributed by atoms with E-state index in [1.54, 1.807) is 12.4 Å². The average molecular weight is 895 g/mol. The monoisotopic (exact) mass is 894 g/mol. The predicted molar refractivity (Wildman–Crippen MR) is 263 cm³/mol. The molecule has 9 heteroatoms. The zero-order valence-corrected chi connectivity index (χ0v) is 35.9. The van der Waals surface area contributed by atoms with Crippen LogP contribution in [0.1, 0.15) is 5.56 Å². The van der Waals surface area contributed by atoms with Crippen LogP contribution >= 0.6 is 0 Å². The average Bonchev–Trinajstić information content (AvgIpc) is 3.88. The van der Waals surface area contributed by atoms with Crippen molar-refractivity contribution in [2.24, 2.45) is 0 Å². The predicted octanol–water partition coefficient (Wildman–Crippen LogP) is 16.3. The fourth-order valence-electron chi connectivity index (χ4n) is 9.71. The van der Waals surface area contributed by atoms with Crippen LogP contribution in [0.3, 0.4) is 0 Å². The second-order valence-electron chi connectivity index (χ2n) is 16.7. The molecule has 0 aliphatic carbocycles. The third kappa shape index (κ3) is 6.81. The molecule has 0 radical (unpaired) electrons. The zero-order valence-electron chi connectivity index (χ0n) is 35.9. The first kappa shape index (κ1) is 40.8. The lowest BCUT2D eigenvalue weighted by molar-refractivity contribution is -0.137. The van der Waals surface area contributed by atoms with Crippen molar-refractivity contribution in [3.05, 3.63) is 230 Å². The van der Waals surface area contributed by atoms with Gasteiger partial charge in [-0.2, -0.15) is 13.2 Å². The molecule has 68 heavy (non-hydrogen) atoms. The highest BCUT2D eigenvalue weighted by Crippen LogP contribution is 2.46. The van der Waals surface area contributed by atoms with Crippen LogP contribution in [0.2, 0.25) is 0 Å². The Hall–Kier alpha value is -8.69. The van der Waals surface area contributed by atoms with E-state index in [-0.39, 0.29) is 5.69 Å². The van der Waals surface area contributed by atoms with Crippen LogP contribution in [0.15, 0.2) is 213 Å². The van der Waals surface area contributed by atoms with Crippen LogP contribution in [0.25, 0.3) is 111 Å². The summed E-state index contributed by atoms with van der Waals surface area (Å²) in [5.41, 5.74) is 7.76. The van der Waals surface area contributed by atoms with E-state index >= 15 is 22.0 Å². The molecule has 12 rings (SSSR count). The van der Waals surface area contributed by atoms with Crippen LogP contribution in [0.4, 0.5) is 22.0 Å². The van der Waals surface area contributed by atoms with Crippen LogP contribution in [0, 0.1) is 11.6 Å². The minimum Gasteiger partial charge on any atom is -0.307 e. The number of rotatable bonds is 7. The Bertz CT molecular complexity index is 3910. The number of para-hydroxylation sites is 2. The summed E-state index contributed by atoms with van der Waals surface area (Å²) in [4.78, 5) is 9.25. The number of hydrogen-bond acceptors (Lipinski definition) is 2. The molecule has 0 saturated carbocycles. The molecule has 0 saturated heterocycles. The number of pyridine rings is 2. The van der Waals surface area contributed by atoms with Gasteiger partial charge in [-0.25, -0.2) is 8.78 Å². The smallest absolute Gasteiger partial charge is 0.307 e. The SMILES string of the molecule is Fc1cccc(F)c1-c1cc(-n2c3ccccc3c3cc(-c4ccnc(-c5ccccc5)c4)ccc32)c(-n2c3ccccc3c3cc(-c4ccnc(-c5ccccc5)c4)ccc32)cc1C(F)(F)F.